The fourth-order valence-electron chi connectivity index (χ4n) is 2.60. The third-order valence-corrected chi connectivity index (χ3v) is 4.45. The number of hydrogen-bond acceptors (Lipinski definition) is 4. The van der Waals surface area contributed by atoms with Gasteiger partial charge in [0, 0.05) is 24.7 Å². The smallest absolute Gasteiger partial charge is 0.274 e. The van der Waals surface area contributed by atoms with Crippen LogP contribution in [0.5, 0.6) is 5.75 Å². The topological polar surface area (TPSA) is 84.7 Å². The molecule has 0 spiro atoms. The summed E-state index contributed by atoms with van der Waals surface area (Å²) < 4.78 is 29.9. The highest BCUT2D eigenvalue weighted by molar-refractivity contribution is 7.87. The average Bonchev–Trinajstić information content (AvgIpc) is 2.45. The van der Waals surface area contributed by atoms with Crippen LogP contribution in [0.1, 0.15) is 12.8 Å². The second kappa shape index (κ2) is 8.12. The maximum absolute atomic E-state index is 10.9. The summed E-state index contributed by atoms with van der Waals surface area (Å²) in [5, 5.41) is 5.62. The van der Waals surface area contributed by atoms with Crippen molar-refractivity contribution in [2.24, 2.45) is 11.1 Å². The van der Waals surface area contributed by atoms with E-state index in [1.54, 1.807) is 6.07 Å². The first-order valence-corrected chi connectivity index (χ1v) is 9.23. The van der Waals surface area contributed by atoms with Gasteiger partial charge in [-0.05, 0) is 43.5 Å². The monoisotopic (exact) mass is 347 g/mol. The van der Waals surface area contributed by atoms with Crippen LogP contribution in [0.15, 0.2) is 24.3 Å². The van der Waals surface area contributed by atoms with E-state index in [-0.39, 0.29) is 0 Å². The molecular weight excluding hydrogens is 326 g/mol. The van der Waals surface area contributed by atoms with Crippen molar-refractivity contribution < 1.29 is 13.2 Å². The van der Waals surface area contributed by atoms with E-state index >= 15 is 0 Å². The Morgan fingerprint density at radius 3 is 3.00 bits per heavy atom. The Kier molecular flexibility index (Phi) is 6.46. The van der Waals surface area contributed by atoms with Crippen molar-refractivity contribution in [3.05, 3.63) is 29.3 Å². The molecule has 1 aromatic carbocycles. The van der Waals surface area contributed by atoms with Gasteiger partial charge in [0.05, 0.1) is 0 Å². The van der Waals surface area contributed by atoms with Crippen molar-refractivity contribution in [3.63, 3.8) is 0 Å². The summed E-state index contributed by atoms with van der Waals surface area (Å²) in [6.45, 7) is 3.63. The highest BCUT2D eigenvalue weighted by atomic mass is 35.5. The van der Waals surface area contributed by atoms with Crippen LogP contribution >= 0.6 is 11.6 Å². The number of rotatable bonds is 7. The third kappa shape index (κ3) is 6.50. The van der Waals surface area contributed by atoms with Crippen molar-refractivity contribution in [3.8, 4) is 5.75 Å². The number of nitrogens with one attached hydrogen (secondary N) is 1. The Morgan fingerprint density at radius 1 is 1.45 bits per heavy atom. The van der Waals surface area contributed by atoms with E-state index in [1.807, 2.05) is 18.2 Å². The highest BCUT2D eigenvalue weighted by Gasteiger charge is 2.20. The molecule has 0 bridgehead atoms. The molecule has 1 heterocycles. The van der Waals surface area contributed by atoms with E-state index in [0.29, 0.717) is 24.1 Å². The largest absolute Gasteiger partial charge is 0.492 e. The second-order valence-corrected chi connectivity index (χ2v) is 7.32. The van der Waals surface area contributed by atoms with E-state index in [2.05, 4.69) is 9.62 Å². The standard InChI is InChI=1S/C14H22ClN3O3S/c15-13-4-1-5-14(9-13)21-8-7-18-6-2-3-12(11-18)10-17-22(16,19)20/h1,4-5,9,12,17H,2-3,6-8,10-11H2,(H2,16,19,20). The van der Waals surface area contributed by atoms with Gasteiger partial charge >= 0.3 is 0 Å². The normalized spacial score (nSPS) is 20.0. The SMILES string of the molecule is NS(=O)(=O)NCC1CCCN(CCOc2cccc(Cl)c2)C1. The van der Waals surface area contributed by atoms with Crippen LogP contribution in [0, 0.1) is 5.92 Å². The van der Waals surface area contributed by atoms with Gasteiger partial charge in [0.2, 0.25) is 0 Å². The van der Waals surface area contributed by atoms with Gasteiger partial charge in [-0.15, -0.1) is 0 Å². The zero-order valence-corrected chi connectivity index (χ0v) is 13.9. The number of benzene rings is 1. The van der Waals surface area contributed by atoms with E-state index in [9.17, 15) is 8.42 Å². The Balaban J connectivity index is 1.71. The maximum atomic E-state index is 10.9. The van der Waals surface area contributed by atoms with Crippen molar-refractivity contribution in [2.45, 2.75) is 12.8 Å². The van der Waals surface area contributed by atoms with Crippen LogP contribution in [-0.4, -0.2) is 46.1 Å². The molecule has 1 aromatic rings. The van der Waals surface area contributed by atoms with Gasteiger partial charge in [-0.25, -0.2) is 9.86 Å². The molecule has 0 radical (unpaired) electrons. The molecule has 1 aliphatic heterocycles. The molecule has 1 aliphatic rings. The van der Waals surface area contributed by atoms with Gasteiger partial charge in [0.15, 0.2) is 0 Å². The number of ether oxygens (including phenoxy) is 1. The van der Waals surface area contributed by atoms with Crippen molar-refractivity contribution in [1.82, 2.24) is 9.62 Å². The maximum Gasteiger partial charge on any atom is 0.274 e. The molecule has 0 aliphatic carbocycles. The lowest BCUT2D eigenvalue weighted by Crippen LogP contribution is -2.43. The second-order valence-electron chi connectivity index (χ2n) is 5.51. The minimum absolute atomic E-state index is 0.290. The molecule has 22 heavy (non-hydrogen) atoms. The lowest BCUT2D eigenvalue weighted by molar-refractivity contribution is 0.148. The summed E-state index contributed by atoms with van der Waals surface area (Å²) in [4.78, 5) is 2.28. The molecule has 6 nitrogen and oxygen atoms in total. The van der Waals surface area contributed by atoms with Gasteiger partial charge in [-0.3, -0.25) is 4.90 Å². The average molecular weight is 348 g/mol. The minimum Gasteiger partial charge on any atom is -0.492 e. The molecule has 0 amide bonds. The first kappa shape index (κ1) is 17.5. The Hall–Kier alpha value is -0.860. The summed E-state index contributed by atoms with van der Waals surface area (Å²) in [5.41, 5.74) is 0. The summed E-state index contributed by atoms with van der Waals surface area (Å²) >= 11 is 5.91. The quantitative estimate of drug-likeness (QED) is 0.776. The molecule has 8 heteroatoms. The lowest BCUT2D eigenvalue weighted by Gasteiger charge is -2.32. The zero-order chi connectivity index (χ0) is 16.0. The number of likely N-dealkylation sites (tertiary alicyclic amines) is 1. The lowest BCUT2D eigenvalue weighted by atomic mass is 9.98. The molecule has 1 atom stereocenters. The van der Waals surface area contributed by atoms with Gasteiger partial charge in [-0.1, -0.05) is 17.7 Å². The molecule has 0 aromatic heterocycles. The first-order chi connectivity index (χ1) is 10.4. The van der Waals surface area contributed by atoms with Crippen molar-refractivity contribution in [2.75, 3.05) is 32.8 Å². The highest BCUT2D eigenvalue weighted by Crippen LogP contribution is 2.18. The zero-order valence-electron chi connectivity index (χ0n) is 12.4. The van der Waals surface area contributed by atoms with Crippen LogP contribution in [0.2, 0.25) is 5.02 Å². The Morgan fingerprint density at radius 2 is 2.27 bits per heavy atom. The van der Waals surface area contributed by atoms with Crippen molar-refractivity contribution >= 4 is 21.8 Å². The van der Waals surface area contributed by atoms with Crippen LogP contribution in [0.4, 0.5) is 0 Å². The number of piperidine rings is 1. The summed E-state index contributed by atoms with van der Waals surface area (Å²) in [7, 11) is -3.60. The van der Waals surface area contributed by atoms with Gasteiger partial charge < -0.3 is 4.74 Å². The molecule has 2 rings (SSSR count). The van der Waals surface area contributed by atoms with Gasteiger partial charge in [0.25, 0.3) is 10.2 Å². The summed E-state index contributed by atoms with van der Waals surface area (Å²) in [6.07, 6.45) is 2.06. The summed E-state index contributed by atoms with van der Waals surface area (Å²) in [5.74, 6) is 1.05. The van der Waals surface area contributed by atoms with Crippen molar-refractivity contribution in [1.29, 1.82) is 0 Å². The Labute approximate surface area is 136 Å². The number of hydrogen-bond donors (Lipinski definition) is 2. The van der Waals surface area contributed by atoms with Crippen LogP contribution in [-0.2, 0) is 10.2 Å². The minimum atomic E-state index is -3.60. The van der Waals surface area contributed by atoms with E-state index in [4.69, 9.17) is 21.5 Å². The predicted octanol–water partition coefficient (Wildman–Crippen LogP) is 1.22. The fraction of sp³-hybridized carbons (Fsp3) is 0.571. The number of nitrogens with two attached hydrogens (primary N) is 1. The molecular formula is C14H22ClN3O3S. The fourth-order valence-corrected chi connectivity index (χ4v) is 3.25. The number of nitrogens with zero attached hydrogens (tertiary/aromatic N) is 1. The first-order valence-electron chi connectivity index (χ1n) is 7.30. The van der Waals surface area contributed by atoms with Crippen LogP contribution in [0.3, 0.4) is 0 Å². The van der Waals surface area contributed by atoms with E-state index in [0.717, 1.165) is 38.2 Å². The Bertz CT molecular complexity index is 582. The van der Waals surface area contributed by atoms with Gasteiger partial charge in [-0.2, -0.15) is 8.42 Å². The summed E-state index contributed by atoms with van der Waals surface area (Å²) in [6, 6.07) is 7.33. The van der Waals surface area contributed by atoms with Crippen LogP contribution in [0.25, 0.3) is 0 Å². The predicted molar refractivity (Wildman–Crippen MR) is 87.2 cm³/mol. The molecule has 1 fully saturated rings. The van der Waals surface area contributed by atoms with E-state index < -0.39 is 10.2 Å². The van der Waals surface area contributed by atoms with Crippen LogP contribution < -0.4 is 14.6 Å². The molecule has 1 saturated heterocycles. The molecule has 1 unspecified atom stereocenters. The van der Waals surface area contributed by atoms with E-state index in [1.165, 1.54) is 0 Å². The molecule has 3 N–H and O–H groups in total. The molecule has 0 saturated carbocycles. The number of halogens is 1. The molecule has 124 valence electrons. The van der Waals surface area contributed by atoms with Gasteiger partial charge in [0.1, 0.15) is 12.4 Å². The third-order valence-electron chi connectivity index (χ3n) is 3.65.